The van der Waals surface area contributed by atoms with E-state index >= 15 is 0 Å². The SMILES string of the molecule is CC1CCCC(CCl)(NCc2ccsc2)C1. The molecule has 90 valence electrons. The first-order valence-corrected chi connectivity index (χ1v) is 7.54. The lowest BCUT2D eigenvalue weighted by atomic mass is 9.77. The van der Waals surface area contributed by atoms with E-state index in [4.69, 9.17) is 11.6 Å². The van der Waals surface area contributed by atoms with Gasteiger partial charge in [-0.05, 0) is 41.1 Å². The summed E-state index contributed by atoms with van der Waals surface area (Å²) >= 11 is 7.94. The third-order valence-corrected chi connectivity index (χ3v) is 4.84. The second kappa shape index (κ2) is 5.52. The Kier molecular flexibility index (Phi) is 4.28. The van der Waals surface area contributed by atoms with Gasteiger partial charge < -0.3 is 5.32 Å². The molecule has 0 spiro atoms. The maximum atomic E-state index is 6.18. The van der Waals surface area contributed by atoms with Gasteiger partial charge in [0.1, 0.15) is 0 Å². The van der Waals surface area contributed by atoms with E-state index in [1.165, 1.54) is 31.2 Å². The maximum Gasteiger partial charge on any atom is 0.0406 e. The van der Waals surface area contributed by atoms with Crippen molar-refractivity contribution >= 4 is 22.9 Å². The lowest BCUT2D eigenvalue weighted by Crippen LogP contribution is -2.49. The third-order valence-electron chi connectivity index (χ3n) is 3.59. The fourth-order valence-electron chi connectivity index (χ4n) is 2.67. The van der Waals surface area contributed by atoms with Crippen molar-refractivity contribution in [1.82, 2.24) is 5.32 Å². The zero-order valence-electron chi connectivity index (χ0n) is 9.84. The predicted octanol–water partition coefficient (Wildman–Crippen LogP) is 4.03. The van der Waals surface area contributed by atoms with E-state index < -0.39 is 0 Å². The van der Waals surface area contributed by atoms with Gasteiger partial charge in [0.15, 0.2) is 0 Å². The summed E-state index contributed by atoms with van der Waals surface area (Å²) in [6, 6.07) is 2.19. The minimum atomic E-state index is 0.182. The topological polar surface area (TPSA) is 12.0 Å². The van der Waals surface area contributed by atoms with Gasteiger partial charge in [0.2, 0.25) is 0 Å². The van der Waals surface area contributed by atoms with Crippen molar-refractivity contribution in [3.8, 4) is 0 Å². The lowest BCUT2D eigenvalue weighted by molar-refractivity contribution is 0.207. The molecular weight excluding hydrogens is 238 g/mol. The van der Waals surface area contributed by atoms with Crippen molar-refractivity contribution in [2.24, 2.45) is 5.92 Å². The highest BCUT2D eigenvalue weighted by Gasteiger charge is 2.33. The molecule has 1 heterocycles. The molecule has 0 amide bonds. The number of rotatable bonds is 4. The first kappa shape index (κ1) is 12.4. The fourth-order valence-corrected chi connectivity index (χ4v) is 3.68. The van der Waals surface area contributed by atoms with E-state index in [2.05, 4.69) is 29.1 Å². The highest BCUT2D eigenvalue weighted by Crippen LogP contribution is 2.33. The smallest absolute Gasteiger partial charge is 0.0406 e. The number of nitrogens with one attached hydrogen (secondary N) is 1. The van der Waals surface area contributed by atoms with Crippen LogP contribution in [0.3, 0.4) is 0 Å². The molecule has 16 heavy (non-hydrogen) atoms. The summed E-state index contributed by atoms with van der Waals surface area (Å²) in [6.45, 7) is 3.30. The van der Waals surface area contributed by atoms with Crippen molar-refractivity contribution in [3.05, 3.63) is 22.4 Å². The van der Waals surface area contributed by atoms with Gasteiger partial charge in [-0.15, -0.1) is 11.6 Å². The third kappa shape index (κ3) is 2.99. The molecule has 0 aromatic carbocycles. The Balaban J connectivity index is 1.93. The molecule has 1 aliphatic rings. The van der Waals surface area contributed by atoms with Crippen LogP contribution in [0.15, 0.2) is 16.8 Å². The molecule has 0 saturated heterocycles. The molecule has 2 rings (SSSR count). The van der Waals surface area contributed by atoms with Crippen LogP contribution < -0.4 is 5.32 Å². The predicted molar refractivity (Wildman–Crippen MR) is 72.2 cm³/mol. The van der Waals surface area contributed by atoms with Crippen molar-refractivity contribution < 1.29 is 0 Å². The first-order chi connectivity index (χ1) is 7.74. The molecule has 2 atom stereocenters. The zero-order valence-corrected chi connectivity index (χ0v) is 11.4. The van der Waals surface area contributed by atoms with E-state index in [0.717, 1.165) is 18.3 Å². The van der Waals surface area contributed by atoms with Crippen LogP contribution in [0.25, 0.3) is 0 Å². The first-order valence-electron chi connectivity index (χ1n) is 6.06. The number of hydrogen-bond donors (Lipinski definition) is 1. The van der Waals surface area contributed by atoms with Crippen LogP contribution in [0, 0.1) is 5.92 Å². The largest absolute Gasteiger partial charge is 0.306 e. The normalized spacial score (nSPS) is 30.5. The van der Waals surface area contributed by atoms with Crippen LogP contribution in [-0.2, 0) is 6.54 Å². The number of hydrogen-bond acceptors (Lipinski definition) is 2. The Labute approximate surface area is 107 Å². The molecule has 0 bridgehead atoms. The van der Waals surface area contributed by atoms with Gasteiger partial charge in [0, 0.05) is 18.0 Å². The van der Waals surface area contributed by atoms with Crippen molar-refractivity contribution in [3.63, 3.8) is 0 Å². The molecular formula is C13H20ClNS. The van der Waals surface area contributed by atoms with E-state index in [1.54, 1.807) is 11.3 Å². The summed E-state index contributed by atoms with van der Waals surface area (Å²) in [4.78, 5) is 0. The highest BCUT2D eigenvalue weighted by atomic mass is 35.5. The summed E-state index contributed by atoms with van der Waals surface area (Å²) < 4.78 is 0. The van der Waals surface area contributed by atoms with Gasteiger partial charge in [-0.25, -0.2) is 0 Å². The zero-order chi connectivity index (χ0) is 11.4. The van der Waals surface area contributed by atoms with Crippen LogP contribution in [-0.4, -0.2) is 11.4 Å². The van der Waals surface area contributed by atoms with Crippen LogP contribution in [0.1, 0.15) is 38.2 Å². The summed E-state index contributed by atoms with van der Waals surface area (Å²) in [7, 11) is 0. The monoisotopic (exact) mass is 257 g/mol. The molecule has 1 aliphatic carbocycles. The van der Waals surface area contributed by atoms with Gasteiger partial charge in [0.25, 0.3) is 0 Å². The van der Waals surface area contributed by atoms with Crippen molar-refractivity contribution in [2.75, 3.05) is 5.88 Å². The minimum Gasteiger partial charge on any atom is -0.306 e. The standard InChI is InChI=1S/C13H20ClNS/c1-11-3-2-5-13(7-11,10-14)15-8-12-4-6-16-9-12/h4,6,9,11,15H,2-3,5,7-8,10H2,1H3. The molecule has 1 nitrogen and oxygen atoms in total. The Hall–Kier alpha value is -0.0500. The van der Waals surface area contributed by atoms with Crippen LogP contribution in [0.4, 0.5) is 0 Å². The molecule has 3 heteroatoms. The van der Waals surface area contributed by atoms with Gasteiger partial charge >= 0.3 is 0 Å². The molecule has 0 aliphatic heterocycles. The van der Waals surface area contributed by atoms with E-state index in [0.29, 0.717) is 0 Å². The quantitative estimate of drug-likeness (QED) is 0.804. The van der Waals surface area contributed by atoms with Gasteiger partial charge in [-0.3, -0.25) is 0 Å². The number of halogens is 1. The minimum absolute atomic E-state index is 0.182. The molecule has 1 fully saturated rings. The van der Waals surface area contributed by atoms with E-state index in [-0.39, 0.29) is 5.54 Å². The van der Waals surface area contributed by atoms with E-state index in [9.17, 15) is 0 Å². The molecule has 1 aromatic heterocycles. The maximum absolute atomic E-state index is 6.18. The van der Waals surface area contributed by atoms with Gasteiger partial charge in [-0.1, -0.05) is 19.8 Å². The molecule has 1 saturated carbocycles. The summed E-state index contributed by atoms with van der Waals surface area (Å²) in [5.74, 6) is 1.55. The molecule has 1 aromatic rings. The average molecular weight is 258 g/mol. The summed E-state index contributed by atoms with van der Waals surface area (Å²) in [5, 5.41) is 8.03. The molecule has 1 N–H and O–H groups in total. The Morgan fingerprint density at radius 3 is 3.12 bits per heavy atom. The summed E-state index contributed by atoms with van der Waals surface area (Å²) in [6.07, 6.45) is 5.12. The number of alkyl halides is 1. The molecule has 0 radical (unpaired) electrons. The molecule has 2 unspecified atom stereocenters. The van der Waals surface area contributed by atoms with Crippen LogP contribution in [0.2, 0.25) is 0 Å². The second-order valence-corrected chi connectivity index (χ2v) is 6.15. The number of thiophene rings is 1. The summed E-state index contributed by atoms with van der Waals surface area (Å²) in [5.41, 5.74) is 1.56. The Morgan fingerprint density at radius 1 is 1.62 bits per heavy atom. The highest BCUT2D eigenvalue weighted by molar-refractivity contribution is 7.07. The average Bonchev–Trinajstić information content (AvgIpc) is 2.79. The van der Waals surface area contributed by atoms with Crippen LogP contribution >= 0.6 is 22.9 Å². The van der Waals surface area contributed by atoms with Crippen LogP contribution in [0.5, 0.6) is 0 Å². The van der Waals surface area contributed by atoms with Crippen molar-refractivity contribution in [2.45, 2.75) is 44.7 Å². The van der Waals surface area contributed by atoms with Crippen molar-refractivity contribution in [1.29, 1.82) is 0 Å². The van der Waals surface area contributed by atoms with Gasteiger partial charge in [-0.2, -0.15) is 11.3 Å². The Morgan fingerprint density at radius 2 is 2.50 bits per heavy atom. The lowest BCUT2D eigenvalue weighted by Gasteiger charge is -2.39. The second-order valence-electron chi connectivity index (χ2n) is 5.10. The van der Waals surface area contributed by atoms with E-state index in [1.807, 2.05) is 0 Å². The van der Waals surface area contributed by atoms with Gasteiger partial charge in [0.05, 0.1) is 0 Å². The Bertz CT molecular complexity index is 312. The fraction of sp³-hybridized carbons (Fsp3) is 0.692.